The van der Waals surface area contributed by atoms with E-state index in [0.717, 1.165) is 41.3 Å². The van der Waals surface area contributed by atoms with Gasteiger partial charge >= 0.3 is 0 Å². The molecule has 0 radical (unpaired) electrons. The van der Waals surface area contributed by atoms with Crippen LogP contribution in [0.25, 0.3) is 22.0 Å². The zero-order valence-corrected chi connectivity index (χ0v) is 19.3. The van der Waals surface area contributed by atoms with E-state index in [1.165, 1.54) is 0 Å². The summed E-state index contributed by atoms with van der Waals surface area (Å²) < 4.78 is 1.63. The normalized spacial score (nSPS) is 16.2. The highest BCUT2D eigenvalue weighted by atomic mass is 35.5. The van der Waals surface area contributed by atoms with Crippen molar-refractivity contribution in [3.05, 3.63) is 65.2 Å². The first kappa shape index (κ1) is 21.5. The number of amides is 1. The molecule has 4 aromatic rings. The van der Waals surface area contributed by atoms with Gasteiger partial charge in [0.25, 0.3) is 5.91 Å². The van der Waals surface area contributed by atoms with Crippen LogP contribution in [0.15, 0.2) is 48.9 Å². The van der Waals surface area contributed by atoms with Crippen molar-refractivity contribution < 1.29 is 4.79 Å². The lowest BCUT2D eigenvalue weighted by Crippen LogP contribution is -2.49. The highest BCUT2D eigenvalue weighted by Gasteiger charge is 2.31. The van der Waals surface area contributed by atoms with Gasteiger partial charge in [0.1, 0.15) is 17.2 Å². The van der Waals surface area contributed by atoms with E-state index in [9.17, 15) is 4.79 Å². The monoisotopic (exact) mass is 461 g/mol. The van der Waals surface area contributed by atoms with Gasteiger partial charge in [-0.25, -0.2) is 4.98 Å². The largest absolute Gasteiger partial charge is 0.315 e. The highest BCUT2D eigenvalue weighted by Crippen LogP contribution is 2.33. The number of carbonyl (C=O) groups is 1. The molecule has 1 atom stereocenters. The maximum Gasteiger partial charge on any atom is 0.278 e. The number of nitrogens with zero attached hydrogens (tertiary/aromatic N) is 6. The van der Waals surface area contributed by atoms with E-state index in [0.29, 0.717) is 28.8 Å². The molecule has 3 aromatic heterocycles. The molecule has 1 fully saturated rings. The summed E-state index contributed by atoms with van der Waals surface area (Å²) in [5, 5.41) is 14.0. The van der Waals surface area contributed by atoms with Crippen molar-refractivity contribution >= 4 is 34.1 Å². The number of hydrogen-bond acceptors (Lipinski definition) is 6. The number of piperidine rings is 1. The lowest BCUT2D eigenvalue weighted by molar-refractivity contribution is 0.0967. The minimum absolute atomic E-state index is 0.0269. The molecule has 1 aromatic carbocycles. The predicted molar refractivity (Wildman–Crippen MR) is 128 cm³/mol. The third-order valence-electron chi connectivity index (χ3n) is 5.97. The fourth-order valence-corrected chi connectivity index (χ4v) is 4.69. The van der Waals surface area contributed by atoms with Crippen LogP contribution in [0, 0.1) is 6.92 Å². The van der Waals surface area contributed by atoms with Crippen molar-refractivity contribution in [1.29, 1.82) is 0 Å². The van der Waals surface area contributed by atoms with E-state index in [2.05, 4.69) is 25.6 Å². The topological polar surface area (TPSA) is 88.8 Å². The molecule has 168 valence electrons. The Morgan fingerprint density at radius 2 is 2.12 bits per heavy atom. The number of rotatable bonds is 4. The maximum absolute atomic E-state index is 13.9. The van der Waals surface area contributed by atoms with Gasteiger partial charge < -0.3 is 5.32 Å². The standard InChI is InChI=1S/C24H24ClN7O/c1-15-10-18(25)11-16-7-9-27-23(22(15)16)32(19-4-3-8-26-13-19)24(33)20-6-5-17(12-28-20)21-14-31(2)30-29-21/h5-7,9-12,14,19,26H,3-4,8,13H2,1-2H3/t19-/m1/s1. The highest BCUT2D eigenvalue weighted by molar-refractivity contribution is 6.31. The Kier molecular flexibility index (Phi) is 5.78. The van der Waals surface area contributed by atoms with Crippen LogP contribution in [0.5, 0.6) is 0 Å². The summed E-state index contributed by atoms with van der Waals surface area (Å²) in [5.41, 5.74) is 2.85. The molecule has 8 nitrogen and oxygen atoms in total. The summed E-state index contributed by atoms with van der Waals surface area (Å²) in [7, 11) is 1.81. The quantitative estimate of drug-likeness (QED) is 0.497. The van der Waals surface area contributed by atoms with Crippen molar-refractivity contribution in [2.75, 3.05) is 18.0 Å². The maximum atomic E-state index is 13.9. The number of aromatic nitrogens is 5. The van der Waals surface area contributed by atoms with E-state index in [-0.39, 0.29) is 11.9 Å². The number of aryl methyl sites for hydroxylation is 2. The van der Waals surface area contributed by atoms with Crippen LogP contribution in [0.2, 0.25) is 5.02 Å². The van der Waals surface area contributed by atoms with Crippen LogP contribution >= 0.6 is 11.6 Å². The number of hydrogen-bond donors (Lipinski definition) is 1. The Balaban J connectivity index is 1.58. The van der Waals surface area contributed by atoms with Gasteiger partial charge in [0.05, 0.1) is 12.2 Å². The average molecular weight is 462 g/mol. The van der Waals surface area contributed by atoms with Gasteiger partial charge in [0.2, 0.25) is 0 Å². The number of halogens is 1. The molecule has 1 N–H and O–H groups in total. The van der Waals surface area contributed by atoms with Gasteiger partial charge in [-0.15, -0.1) is 5.10 Å². The minimum Gasteiger partial charge on any atom is -0.315 e. The van der Waals surface area contributed by atoms with E-state index >= 15 is 0 Å². The Morgan fingerprint density at radius 3 is 2.82 bits per heavy atom. The second-order valence-corrected chi connectivity index (χ2v) is 8.78. The minimum atomic E-state index is -0.177. The van der Waals surface area contributed by atoms with E-state index in [1.54, 1.807) is 28.0 Å². The zero-order chi connectivity index (χ0) is 22.9. The van der Waals surface area contributed by atoms with Gasteiger partial charge in [-0.1, -0.05) is 16.8 Å². The zero-order valence-electron chi connectivity index (χ0n) is 18.5. The first-order chi connectivity index (χ1) is 16.0. The van der Waals surface area contributed by atoms with Crippen LogP contribution in [-0.2, 0) is 7.05 Å². The van der Waals surface area contributed by atoms with Crippen LogP contribution in [0.4, 0.5) is 5.82 Å². The van der Waals surface area contributed by atoms with Crippen LogP contribution < -0.4 is 10.2 Å². The Hall–Kier alpha value is -3.36. The second kappa shape index (κ2) is 8.88. The molecule has 33 heavy (non-hydrogen) atoms. The first-order valence-corrected chi connectivity index (χ1v) is 11.3. The number of pyridine rings is 2. The number of carbonyl (C=O) groups excluding carboxylic acids is 1. The molecule has 9 heteroatoms. The van der Waals surface area contributed by atoms with Crippen molar-refractivity contribution in [3.8, 4) is 11.3 Å². The molecule has 0 aliphatic carbocycles. The first-order valence-electron chi connectivity index (χ1n) is 10.9. The summed E-state index contributed by atoms with van der Waals surface area (Å²) in [5.74, 6) is 0.462. The molecular formula is C24H24ClN7O. The van der Waals surface area contributed by atoms with Crippen molar-refractivity contribution in [1.82, 2.24) is 30.3 Å². The molecule has 4 heterocycles. The van der Waals surface area contributed by atoms with Gasteiger partial charge in [0, 0.05) is 42.0 Å². The average Bonchev–Trinajstić information content (AvgIpc) is 3.26. The van der Waals surface area contributed by atoms with Gasteiger partial charge in [-0.3, -0.25) is 19.4 Å². The van der Waals surface area contributed by atoms with Gasteiger partial charge in [-0.2, -0.15) is 0 Å². The van der Waals surface area contributed by atoms with Gasteiger partial charge in [-0.05, 0) is 67.6 Å². The molecule has 0 spiro atoms. The summed E-state index contributed by atoms with van der Waals surface area (Å²) >= 11 is 6.30. The molecule has 1 amide bonds. The Labute approximate surface area is 196 Å². The van der Waals surface area contributed by atoms with E-state index in [4.69, 9.17) is 11.6 Å². The smallest absolute Gasteiger partial charge is 0.278 e. The third kappa shape index (κ3) is 4.19. The lowest BCUT2D eigenvalue weighted by Gasteiger charge is -2.34. The molecule has 1 aliphatic rings. The van der Waals surface area contributed by atoms with E-state index < -0.39 is 0 Å². The molecule has 0 saturated carbocycles. The predicted octanol–water partition coefficient (Wildman–Crippen LogP) is 3.79. The van der Waals surface area contributed by atoms with Crippen LogP contribution in [-0.4, -0.2) is 50.0 Å². The van der Waals surface area contributed by atoms with Crippen molar-refractivity contribution in [3.63, 3.8) is 0 Å². The fraction of sp³-hybridized carbons (Fsp3) is 0.292. The summed E-state index contributed by atoms with van der Waals surface area (Å²) in [6.45, 7) is 3.64. The van der Waals surface area contributed by atoms with Crippen molar-refractivity contribution in [2.24, 2.45) is 7.05 Å². The third-order valence-corrected chi connectivity index (χ3v) is 6.19. The molecule has 0 unspecified atom stereocenters. The Bertz CT molecular complexity index is 1310. The van der Waals surface area contributed by atoms with Crippen molar-refractivity contribution in [2.45, 2.75) is 25.8 Å². The second-order valence-electron chi connectivity index (χ2n) is 8.34. The number of nitrogens with one attached hydrogen (secondary N) is 1. The molecular weight excluding hydrogens is 438 g/mol. The van der Waals surface area contributed by atoms with Gasteiger partial charge in [0.15, 0.2) is 0 Å². The Morgan fingerprint density at radius 1 is 1.24 bits per heavy atom. The number of fused-ring (bicyclic) bond motifs is 1. The van der Waals surface area contributed by atoms with Crippen LogP contribution in [0.1, 0.15) is 28.9 Å². The SMILES string of the molecule is Cc1cc(Cl)cc2ccnc(N(C(=O)c3ccc(-c4cn(C)nn4)cn3)[C@@H]3CCCNC3)c12. The molecule has 5 rings (SSSR count). The summed E-state index contributed by atoms with van der Waals surface area (Å²) in [4.78, 5) is 24.8. The lowest BCUT2D eigenvalue weighted by atomic mass is 10.0. The fourth-order valence-electron chi connectivity index (χ4n) is 4.40. The number of anilines is 1. The molecule has 1 saturated heterocycles. The van der Waals surface area contributed by atoms with E-state index in [1.807, 2.05) is 44.4 Å². The molecule has 1 aliphatic heterocycles. The summed E-state index contributed by atoms with van der Waals surface area (Å²) in [6.07, 6.45) is 7.08. The van der Waals surface area contributed by atoms with Crippen LogP contribution in [0.3, 0.4) is 0 Å². The summed E-state index contributed by atoms with van der Waals surface area (Å²) in [6, 6.07) is 9.30. The molecule has 0 bridgehead atoms. The number of benzene rings is 1.